The molecule has 1 fully saturated rings. The number of anilines is 1. The summed E-state index contributed by atoms with van der Waals surface area (Å²) in [7, 11) is -3.59. The van der Waals surface area contributed by atoms with E-state index in [1.165, 1.54) is 10.4 Å². The molecule has 0 saturated carbocycles. The number of carbonyl (C=O) groups is 1. The van der Waals surface area contributed by atoms with Crippen molar-refractivity contribution < 1.29 is 17.9 Å². The molecule has 1 saturated heterocycles. The van der Waals surface area contributed by atoms with Gasteiger partial charge in [-0.15, -0.1) is 0 Å². The van der Waals surface area contributed by atoms with E-state index in [0.29, 0.717) is 37.6 Å². The molecule has 4 N–H and O–H groups in total. The molecule has 1 aliphatic rings. The molecule has 0 bridgehead atoms. The van der Waals surface area contributed by atoms with E-state index in [-0.39, 0.29) is 6.61 Å². The summed E-state index contributed by atoms with van der Waals surface area (Å²) in [5.41, 5.74) is 5.36. The van der Waals surface area contributed by atoms with Gasteiger partial charge in [-0.25, -0.2) is 0 Å². The van der Waals surface area contributed by atoms with Gasteiger partial charge in [-0.2, -0.15) is 12.7 Å². The van der Waals surface area contributed by atoms with Crippen LogP contribution in [0, 0.1) is 0 Å². The number of nitrogens with two attached hydrogens (primary N) is 1. The molecule has 1 aliphatic heterocycles. The maximum absolute atomic E-state index is 12.2. The van der Waals surface area contributed by atoms with Crippen molar-refractivity contribution in [2.24, 2.45) is 5.73 Å². The molecular formula is C12H18N4O4S. The third-order valence-corrected chi connectivity index (χ3v) is 4.42. The van der Waals surface area contributed by atoms with E-state index in [2.05, 4.69) is 10.0 Å². The van der Waals surface area contributed by atoms with Gasteiger partial charge in [-0.05, 0) is 12.1 Å². The Bertz CT molecular complexity index is 599. The highest BCUT2D eigenvalue weighted by atomic mass is 32.2. The number of hydrogen-bond donors (Lipinski definition) is 3. The predicted molar refractivity (Wildman–Crippen MR) is 78.1 cm³/mol. The van der Waals surface area contributed by atoms with Gasteiger partial charge in [0.1, 0.15) is 5.75 Å². The van der Waals surface area contributed by atoms with E-state index in [1.54, 1.807) is 18.2 Å². The second-order valence-electron chi connectivity index (χ2n) is 4.54. The molecule has 0 unspecified atom stereocenters. The van der Waals surface area contributed by atoms with Gasteiger partial charge in [0.25, 0.3) is 5.91 Å². The summed E-state index contributed by atoms with van der Waals surface area (Å²) in [6.45, 7) is 1.85. The van der Waals surface area contributed by atoms with Crippen LogP contribution in [-0.2, 0) is 15.0 Å². The number of benzene rings is 1. The molecule has 0 aromatic heterocycles. The Balaban J connectivity index is 2.04. The summed E-state index contributed by atoms with van der Waals surface area (Å²) >= 11 is 0. The summed E-state index contributed by atoms with van der Waals surface area (Å²) in [4.78, 5) is 10.7. The summed E-state index contributed by atoms with van der Waals surface area (Å²) in [6, 6.07) is 6.36. The largest absolute Gasteiger partial charge is 0.484 e. The molecular weight excluding hydrogens is 296 g/mol. The second-order valence-corrected chi connectivity index (χ2v) is 6.21. The lowest BCUT2D eigenvalue weighted by atomic mass is 10.3. The van der Waals surface area contributed by atoms with Crippen LogP contribution in [0.3, 0.4) is 0 Å². The summed E-state index contributed by atoms with van der Waals surface area (Å²) in [6.07, 6.45) is 0. The number of rotatable bonds is 6. The van der Waals surface area contributed by atoms with Crippen LogP contribution in [0.2, 0.25) is 0 Å². The van der Waals surface area contributed by atoms with Crippen molar-refractivity contribution in [3.8, 4) is 5.75 Å². The minimum Gasteiger partial charge on any atom is -0.484 e. The van der Waals surface area contributed by atoms with Gasteiger partial charge in [-0.3, -0.25) is 9.52 Å². The lowest BCUT2D eigenvalue weighted by Gasteiger charge is -2.26. The lowest BCUT2D eigenvalue weighted by molar-refractivity contribution is -0.119. The van der Waals surface area contributed by atoms with E-state index in [1.807, 2.05) is 0 Å². The Hall–Kier alpha value is -1.84. The monoisotopic (exact) mass is 314 g/mol. The Morgan fingerprint density at radius 3 is 2.76 bits per heavy atom. The molecule has 0 radical (unpaired) electrons. The van der Waals surface area contributed by atoms with Crippen molar-refractivity contribution >= 4 is 21.8 Å². The molecule has 9 heteroatoms. The highest BCUT2D eigenvalue weighted by molar-refractivity contribution is 7.90. The Labute approximate surface area is 123 Å². The fourth-order valence-corrected chi connectivity index (χ4v) is 3.12. The van der Waals surface area contributed by atoms with Gasteiger partial charge in [0.05, 0.1) is 5.69 Å². The number of amides is 1. The van der Waals surface area contributed by atoms with Crippen molar-refractivity contribution in [1.29, 1.82) is 0 Å². The minimum atomic E-state index is -3.59. The second kappa shape index (κ2) is 6.74. The smallest absolute Gasteiger partial charge is 0.301 e. The first-order valence-corrected chi connectivity index (χ1v) is 7.91. The molecule has 1 aromatic carbocycles. The van der Waals surface area contributed by atoms with Gasteiger partial charge in [0, 0.05) is 32.2 Å². The van der Waals surface area contributed by atoms with Gasteiger partial charge < -0.3 is 15.8 Å². The minimum absolute atomic E-state index is 0.256. The first-order valence-electron chi connectivity index (χ1n) is 6.47. The van der Waals surface area contributed by atoms with Gasteiger partial charge in [-0.1, -0.05) is 6.07 Å². The summed E-state index contributed by atoms with van der Waals surface area (Å²) < 4.78 is 33.4. The van der Waals surface area contributed by atoms with Gasteiger partial charge >= 0.3 is 10.2 Å². The number of nitrogens with one attached hydrogen (secondary N) is 2. The fourth-order valence-electron chi connectivity index (χ4n) is 1.90. The molecule has 0 atom stereocenters. The first-order chi connectivity index (χ1) is 9.97. The molecule has 8 nitrogen and oxygen atoms in total. The molecule has 2 rings (SSSR count). The number of nitrogens with zero attached hydrogens (tertiary/aromatic N) is 1. The van der Waals surface area contributed by atoms with Crippen molar-refractivity contribution in [1.82, 2.24) is 9.62 Å². The number of hydrogen-bond acceptors (Lipinski definition) is 5. The predicted octanol–water partition coefficient (Wildman–Crippen LogP) is -0.887. The topological polar surface area (TPSA) is 114 Å². The Kier molecular flexibility index (Phi) is 4.99. The van der Waals surface area contributed by atoms with Crippen LogP contribution in [-0.4, -0.2) is 51.4 Å². The van der Waals surface area contributed by atoms with Crippen molar-refractivity contribution in [2.75, 3.05) is 37.5 Å². The van der Waals surface area contributed by atoms with Crippen molar-refractivity contribution in [3.63, 3.8) is 0 Å². The van der Waals surface area contributed by atoms with Crippen LogP contribution < -0.4 is 20.5 Å². The molecule has 116 valence electrons. The van der Waals surface area contributed by atoms with E-state index in [4.69, 9.17) is 10.5 Å². The number of carbonyl (C=O) groups excluding carboxylic acids is 1. The molecule has 0 spiro atoms. The fraction of sp³-hybridized carbons (Fsp3) is 0.417. The number of piperazine rings is 1. The highest BCUT2D eigenvalue weighted by Gasteiger charge is 2.23. The van der Waals surface area contributed by atoms with Gasteiger partial charge in [0.2, 0.25) is 0 Å². The molecule has 1 heterocycles. The lowest BCUT2D eigenvalue weighted by Crippen LogP contribution is -2.48. The number of ether oxygens (including phenoxy) is 1. The standard InChI is InChI=1S/C12H18N4O4S/c13-12(17)9-20-11-3-1-2-10(8-11)15-21(18,19)16-6-4-14-5-7-16/h1-3,8,14-15H,4-7,9H2,(H2,13,17). The van der Waals surface area contributed by atoms with E-state index in [9.17, 15) is 13.2 Å². The quantitative estimate of drug-likeness (QED) is 0.630. The van der Waals surface area contributed by atoms with Gasteiger partial charge in [0.15, 0.2) is 6.61 Å². The van der Waals surface area contributed by atoms with E-state index in [0.717, 1.165) is 0 Å². The van der Waals surface area contributed by atoms with Crippen LogP contribution in [0.4, 0.5) is 5.69 Å². The van der Waals surface area contributed by atoms with Crippen LogP contribution in [0.15, 0.2) is 24.3 Å². The normalized spacial score (nSPS) is 16.4. The molecule has 1 aromatic rings. The molecule has 0 aliphatic carbocycles. The van der Waals surface area contributed by atoms with E-state index >= 15 is 0 Å². The van der Waals surface area contributed by atoms with Crippen LogP contribution in [0.25, 0.3) is 0 Å². The average Bonchev–Trinajstić information content (AvgIpc) is 2.46. The molecule has 1 amide bonds. The third kappa shape index (κ3) is 4.59. The zero-order chi connectivity index (χ0) is 15.3. The highest BCUT2D eigenvalue weighted by Crippen LogP contribution is 2.19. The maximum Gasteiger partial charge on any atom is 0.301 e. The maximum atomic E-state index is 12.2. The van der Waals surface area contributed by atoms with Crippen LogP contribution in [0.5, 0.6) is 5.75 Å². The average molecular weight is 314 g/mol. The van der Waals surface area contributed by atoms with Crippen LogP contribution >= 0.6 is 0 Å². The van der Waals surface area contributed by atoms with Crippen molar-refractivity contribution in [2.45, 2.75) is 0 Å². The first kappa shape index (κ1) is 15.5. The molecule has 21 heavy (non-hydrogen) atoms. The summed E-state index contributed by atoms with van der Waals surface area (Å²) in [5, 5.41) is 3.09. The Morgan fingerprint density at radius 2 is 2.10 bits per heavy atom. The number of primary amides is 1. The SMILES string of the molecule is NC(=O)COc1cccc(NS(=O)(=O)N2CCNCC2)c1. The van der Waals surface area contributed by atoms with Crippen molar-refractivity contribution in [3.05, 3.63) is 24.3 Å². The van der Waals surface area contributed by atoms with Crippen LogP contribution in [0.1, 0.15) is 0 Å². The third-order valence-electron chi connectivity index (χ3n) is 2.88. The zero-order valence-electron chi connectivity index (χ0n) is 11.4. The van der Waals surface area contributed by atoms with E-state index < -0.39 is 16.1 Å². The zero-order valence-corrected chi connectivity index (χ0v) is 12.2. The summed E-state index contributed by atoms with van der Waals surface area (Å²) in [5.74, 6) is -0.226. The Morgan fingerprint density at radius 1 is 1.38 bits per heavy atom.